The Bertz CT molecular complexity index is 955. The van der Waals surface area contributed by atoms with Crippen molar-refractivity contribution in [3.63, 3.8) is 0 Å². The molecule has 0 spiro atoms. The number of quaternary nitrogens is 1. The van der Waals surface area contributed by atoms with Gasteiger partial charge in [0.05, 0.1) is 47.2 Å². The number of ether oxygens (including phenoxy) is 1. The van der Waals surface area contributed by atoms with Gasteiger partial charge in [-0.05, 0) is 6.92 Å². The summed E-state index contributed by atoms with van der Waals surface area (Å²) in [4.78, 5) is 59.9. The van der Waals surface area contributed by atoms with Crippen molar-refractivity contribution < 1.29 is 56.4 Å². The largest absolute Gasteiger partial charge is 0.481 e. The van der Waals surface area contributed by atoms with Crippen LogP contribution in [0.2, 0.25) is 0 Å². The van der Waals surface area contributed by atoms with Crippen molar-refractivity contribution in [1.82, 2.24) is 10.6 Å². The van der Waals surface area contributed by atoms with Gasteiger partial charge in [-0.2, -0.15) is 0 Å². The molecule has 3 N–H and O–H groups in total. The molecule has 3 atom stereocenters. The van der Waals surface area contributed by atoms with Gasteiger partial charge in [0.15, 0.2) is 17.3 Å². The first-order valence-electron chi connectivity index (χ1n) is 13.0. The van der Waals surface area contributed by atoms with E-state index in [1.165, 1.54) is 0 Å². The fourth-order valence-electron chi connectivity index (χ4n) is 3.56. The Morgan fingerprint density at radius 1 is 1.10 bits per heavy atom. The van der Waals surface area contributed by atoms with Gasteiger partial charge in [0.2, 0.25) is 11.8 Å². The summed E-state index contributed by atoms with van der Waals surface area (Å²) in [5, 5.41) is 14.0. The molecule has 0 bridgehead atoms. The molecule has 1 fully saturated rings. The molecule has 1 aliphatic rings. The molecular weight excluding hydrogens is 569 g/mol. The van der Waals surface area contributed by atoms with Crippen molar-refractivity contribution in [3.8, 4) is 0 Å². The number of aliphatic carboxylic acids is 1. The van der Waals surface area contributed by atoms with Gasteiger partial charge in [-0.3, -0.25) is 37.5 Å². The average Bonchev–Trinajstić information content (AvgIpc) is 2.81. The van der Waals surface area contributed by atoms with E-state index in [0.29, 0.717) is 11.0 Å². The van der Waals surface area contributed by atoms with Gasteiger partial charge in [-0.15, -0.1) is 0 Å². The number of nitrogens with one attached hydrogen (secondary N) is 2. The Hall–Kier alpha value is -2.03. The van der Waals surface area contributed by atoms with E-state index in [-0.39, 0.29) is 68.8 Å². The number of carboxylic acid groups (broad SMARTS) is 1. The molecule has 0 saturated carbocycles. The highest BCUT2D eigenvalue weighted by Gasteiger charge is 2.48. The molecule has 40 heavy (non-hydrogen) atoms. The van der Waals surface area contributed by atoms with Crippen LogP contribution in [0.5, 0.6) is 0 Å². The van der Waals surface area contributed by atoms with E-state index in [1.807, 2.05) is 21.1 Å². The van der Waals surface area contributed by atoms with Gasteiger partial charge >= 0.3 is 19.8 Å². The van der Waals surface area contributed by atoms with Gasteiger partial charge < -0.3 is 25.0 Å². The second kappa shape index (κ2) is 16.4. The maximum atomic E-state index is 12.6. The molecule has 16 heteroatoms. The number of carbonyl (C=O) groups is 5. The molecule has 0 aliphatic carbocycles. The number of likely N-dealkylation sites (N-methyl/N-ethyl adjacent to an activating group) is 1. The summed E-state index contributed by atoms with van der Waals surface area (Å²) in [5.41, 5.74) is -0.760. The molecule has 1 saturated heterocycles. The van der Waals surface area contributed by atoms with Gasteiger partial charge in [-0.25, -0.2) is 4.57 Å². The first-order chi connectivity index (χ1) is 18.5. The zero-order valence-corrected chi connectivity index (χ0v) is 25.8. The fourth-order valence-corrected chi connectivity index (χ4v) is 5.88. The third-order valence-corrected chi connectivity index (χ3v) is 7.81. The number of hydrogen-bond acceptors (Lipinski definition) is 11. The standard InChI is InChI=1S/C24H42N3O11PS/c1-7-35-39(34)36-16-24(2,3)22(38-39)23(33)26-11-10-18(28)25-12-13-40-21(32)9-8-20(31)37-17(14-19(29)30)15-27(4,5)6/h17,22H,7-16H2,1-6H3,(H2-,25,26,28,29,30,33)/p+1/t17-,22+,39?/m1/s1. The molecule has 0 aromatic heterocycles. The quantitative estimate of drug-likeness (QED) is 0.0928. The molecule has 0 aromatic rings. The highest BCUT2D eigenvalue weighted by Crippen LogP contribution is 2.57. The Kier molecular flexibility index (Phi) is 14.8. The Morgan fingerprint density at radius 3 is 2.38 bits per heavy atom. The summed E-state index contributed by atoms with van der Waals surface area (Å²) < 4.78 is 33.7. The minimum Gasteiger partial charge on any atom is -0.481 e. The van der Waals surface area contributed by atoms with E-state index in [0.717, 1.165) is 11.8 Å². The highest BCUT2D eigenvalue weighted by atomic mass is 32.2. The van der Waals surface area contributed by atoms with E-state index in [1.54, 1.807) is 20.8 Å². The lowest BCUT2D eigenvalue weighted by molar-refractivity contribution is -0.873. The summed E-state index contributed by atoms with van der Waals surface area (Å²) in [6.45, 7) is 5.71. The van der Waals surface area contributed by atoms with E-state index < -0.39 is 43.3 Å². The van der Waals surface area contributed by atoms with Crippen LogP contribution in [0.1, 0.15) is 46.5 Å². The molecule has 1 aliphatic heterocycles. The fraction of sp³-hybridized carbons (Fsp3) is 0.792. The molecule has 14 nitrogen and oxygen atoms in total. The first kappa shape index (κ1) is 36.0. The van der Waals surface area contributed by atoms with Crippen LogP contribution in [0, 0.1) is 5.41 Å². The third-order valence-electron chi connectivity index (χ3n) is 5.39. The summed E-state index contributed by atoms with van der Waals surface area (Å²) in [6, 6.07) is 0. The van der Waals surface area contributed by atoms with Crippen LogP contribution in [0.3, 0.4) is 0 Å². The van der Waals surface area contributed by atoms with Crippen molar-refractivity contribution in [3.05, 3.63) is 0 Å². The van der Waals surface area contributed by atoms with E-state index >= 15 is 0 Å². The van der Waals surface area contributed by atoms with Crippen LogP contribution in [0.4, 0.5) is 0 Å². The lowest BCUT2D eigenvalue weighted by Crippen LogP contribution is -2.50. The number of phosphoric acid groups is 1. The molecule has 1 rings (SSSR count). The van der Waals surface area contributed by atoms with E-state index in [2.05, 4.69) is 10.6 Å². The van der Waals surface area contributed by atoms with Gasteiger partial charge in [0.1, 0.15) is 6.54 Å². The van der Waals surface area contributed by atoms with Crippen molar-refractivity contribution in [2.45, 2.75) is 58.7 Å². The Balaban J connectivity index is 2.29. The molecule has 230 valence electrons. The summed E-state index contributed by atoms with van der Waals surface area (Å²) in [5.74, 6) is -2.31. The van der Waals surface area contributed by atoms with Gasteiger partial charge in [-0.1, -0.05) is 25.6 Å². The highest BCUT2D eigenvalue weighted by molar-refractivity contribution is 8.13. The van der Waals surface area contributed by atoms with E-state index in [9.17, 15) is 28.5 Å². The minimum atomic E-state index is -3.83. The van der Waals surface area contributed by atoms with E-state index in [4.69, 9.17) is 23.4 Å². The Labute approximate surface area is 239 Å². The summed E-state index contributed by atoms with van der Waals surface area (Å²) >= 11 is 0.956. The molecular formula is C24H43N3O11PS+. The van der Waals surface area contributed by atoms with Gasteiger partial charge in [0.25, 0.3) is 0 Å². The molecule has 1 heterocycles. The predicted octanol–water partition coefficient (Wildman–Crippen LogP) is 1.33. The van der Waals surface area contributed by atoms with Gasteiger partial charge in [0, 0.05) is 37.1 Å². The molecule has 0 radical (unpaired) electrons. The third kappa shape index (κ3) is 14.6. The summed E-state index contributed by atoms with van der Waals surface area (Å²) in [7, 11) is 1.72. The number of nitrogens with zero attached hydrogens (tertiary/aromatic N) is 1. The molecule has 2 amide bonds. The molecule has 0 aromatic carbocycles. The topological polar surface area (TPSA) is 184 Å². The van der Waals surface area contributed by atoms with Crippen molar-refractivity contribution >= 4 is 48.5 Å². The SMILES string of the molecule is CCOP1(=O)OCC(C)(C)[C@H](C(=O)NCCC(=O)NCCSC(=O)CCC(=O)O[C@H](CC(=O)O)C[N+](C)(C)C)O1. The molecule has 1 unspecified atom stereocenters. The summed E-state index contributed by atoms with van der Waals surface area (Å²) in [6.07, 6.45) is -2.45. The predicted molar refractivity (Wildman–Crippen MR) is 146 cm³/mol. The van der Waals surface area contributed by atoms with Crippen molar-refractivity contribution in [1.29, 1.82) is 0 Å². The van der Waals surface area contributed by atoms with Crippen LogP contribution in [0.15, 0.2) is 0 Å². The number of carbonyl (C=O) groups excluding carboxylic acids is 4. The zero-order valence-electron chi connectivity index (χ0n) is 24.1. The Morgan fingerprint density at radius 2 is 1.77 bits per heavy atom. The van der Waals surface area contributed by atoms with Crippen LogP contribution in [0.25, 0.3) is 0 Å². The second-order valence-corrected chi connectivity index (χ2v) is 13.7. The smallest absolute Gasteiger partial charge is 0.475 e. The number of phosphoric ester groups is 1. The number of carboxylic acids is 1. The minimum absolute atomic E-state index is 0.00222. The maximum absolute atomic E-state index is 12.6. The lowest BCUT2D eigenvalue weighted by Gasteiger charge is -2.39. The van der Waals surface area contributed by atoms with Crippen molar-refractivity contribution in [2.24, 2.45) is 5.41 Å². The maximum Gasteiger partial charge on any atom is 0.475 e. The zero-order chi connectivity index (χ0) is 30.6. The van der Waals surface area contributed by atoms with Crippen molar-refractivity contribution in [2.75, 3.05) is 59.7 Å². The average molecular weight is 613 g/mol. The van der Waals surface area contributed by atoms with Crippen LogP contribution >= 0.6 is 19.6 Å². The number of hydrogen-bond donors (Lipinski definition) is 3. The first-order valence-corrected chi connectivity index (χ1v) is 15.4. The lowest BCUT2D eigenvalue weighted by atomic mass is 9.87. The second-order valence-electron chi connectivity index (χ2n) is 10.9. The number of rotatable bonds is 17. The van der Waals surface area contributed by atoms with Crippen LogP contribution in [-0.4, -0.2) is 110 Å². The van der Waals surface area contributed by atoms with Crippen LogP contribution in [-0.2, 0) is 46.8 Å². The number of esters is 1. The normalized spacial score (nSPS) is 21.2. The van der Waals surface area contributed by atoms with Crippen LogP contribution < -0.4 is 10.6 Å². The number of amides is 2. The number of thioether (sulfide) groups is 1. The monoisotopic (exact) mass is 612 g/mol.